The Labute approximate surface area is 81.2 Å². The average molecular weight is 183 g/mol. The highest BCUT2D eigenvalue weighted by atomic mass is 16.1. The molecule has 13 heavy (non-hydrogen) atoms. The molecular formula is C11H21NO. The van der Waals surface area contributed by atoms with Gasteiger partial charge in [-0.15, -0.1) is 6.58 Å². The highest BCUT2D eigenvalue weighted by Crippen LogP contribution is 2.13. The van der Waals surface area contributed by atoms with Crippen LogP contribution in [0, 0.1) is 5.92 Å². The number of nitrogens with two attached hydrogens (primary N) is 1. The molecule has 0 radical (unpaired) electrons. The summed E-state index contributed by atoms with van der Waals surface area (Å²) in [6.45, 7) is 5.68. The topological polar surface area (TPSA) is 43.1 Å². The van der Waals surface area contributed by atoms with Crippen molar-refractivity contribution in [2.24, 2.45) is 11.7 Å². The van der Waals surface area contributed by atoms with E-state index in [2.05, 4.69) is 6.58 Å². The third-order valence-corrected chi connectivity index (χ3v) is 2.36. The Balaban J connectivity index is 3.38. The molecule has 2 N–H and O–H groups in total. The Hall–Kier alpha value is -0.790. The maximum atomic E-state index is 10.9. The van der Waals surface area contributed by atoms with Gasteiger partial charge < -0.3 is 5.73 Å². The number of amides is 1. The van der Waals surface area contributed by atoms with Crippen molar-refractivity contribution < 1.29 is 4.79 Å². The number of allylic oxidation sites excluding steroid dienone is 1. The predicted molar refractivity (Wildman–Crippen MR) is 56.3 cm³/mol. The smallest absolute Gasteiger partial charge is 0.220 e. The zero-order chi connectivity index (χ0) is 10.1. The monoisotopic (exact) mass is 183 g/mol. The van der Waals surface area contributed by atoms with Crippen LogP contribution in [0.2, 0.25) is 0 Å². The zero-order valence-electron chi connectivity index (χ0n) is 8.59. The van der Waals surface area contributed by atoms with Crippen molar-refractivity contribution in [1.82, 2.24) is 0 Å². The van der Waals surface area contributed by atoms with E-state index in [9.17, 15) is 4.79 Å². The van der Waals surface area contributed by atoms with E-state index in [1.807, 2.05) is 13.0 Å². The van der Waals surface area contributed by atoms with Gasteiger partial charge in [-0.1, -0.05) is 25.8 Å². The number of carbonyl (C=O) groups excluding carboxylic acids is 1. The van der Waals surface area contributed by atoms with Crippen molar-refractivity contribution in [1.29, 1.82) is 0 Å². The highest BCUT2D eigenvalue weighted by molar-refractivity contribution is 5.76. The number of hydrogen-bond acceptors (Lipinski definition) is 1. The summed E-state index contributed by atoms with van der Waals surface area (Å²) in [5.74, 6) is -0.0602. The number of rotatable bonds is 8. The Kier molecular flexibility index (Phi) is 7.36. The lowest BCUT2D eigenvalue weighted by atomic mass is 9.98. The van der Waals surface area contributed by atoms with Gasteiger partial charge in [0.2, 0.25) is 5.91 Å². The van der Waals surface area contributed by atoms with E-state index in [-0.39, 0.29) is 11.8 Å². The van der Waals surface area contributed by atoms with E-state index < -0.39 is 0 Å². The van der Waals surface area contributed by atoms with Crippen LogP contribution in [0.4, 0.5) is 0 Å². The summed E-state index contributed by atoms with van der Waals surface area (Å²) in [7, 11) is 0. The van der Waals surface area contributed by atoms with E-state index in [4.69, 9.17) is 5.73 Å². The standard InChI is InChI=1S/C11H21NO/c1-3-5-6-7-8-9-10(4-2)11(12)13/h3,10H,1,4-9H2,2H3,(H2,12,13). The maximum absolute atomic E-state index is 10.9. The summed E-state index contributed by atoms with van der Waals surface area (Å²) in [6.07, 6.45) is 8.29. The van der Waals surface area contributed by atoms with E-state index >= 15 is 0 Å². The van der Waals surface area contributed by atoms with Crippen LogP contribution in [0.15, 0.2) is 12.7 Å². The maximum Gasteiger partial charge on any atom is 0.220 e. The van der Waals surface area contributed by atoms with Gasteiger partial charge in [0.15, 0.2) is 0 Å². The number of carbonyl (C=O) groups is 1. The second kappa shape index (κ2) is 7.84. The van der Waals surface area contributed by atoms with Gasteiger partial charge in [-0.3, -0.25) is 4.79 Å². The van der Waals surface area contributed by atoms with E-state index in [1.54, 1.807) is 0 Å². The summed E-state index contributed by atoms with van der Waals surface area (Å²) < 4.78 is 0. The number of hydrogen-bond donors (Lipinski definition) is 1. The molecule has 1 atom stereocenters. The summed E-state index contributed by atoms with van der Waals surface area (Å²) in [5.41, 5.74) is 5.23. The zero-order valence-corrected chi connectivity index (χ0v) is 8.59. The molecule has 0 aliphatic carbocycles. The second-order valence-electron chi connectivity index (χ2n) is 3.43. The number of unbranched alkanes of at least 4 members (excludes halogenated alkanes) is 3. The van der Waals surface area contributed by atoms with Gasteiger partial charge in [0.25, 0.3) is 0 Å². The molecule has 0 rings (SSSR count). The van der Waals surface area contributed by atoms with E-state index in [0.29, 0.717) is 0 Å². The Morgan fingerprint density at radius 3 is 2.62 bits per heavy atom. The van der Waals surface area contributed by atoms with Gasteiger partial charge in [0, 0.05) is 5.92 Å². The lowest BCUT2D eigenvalue weighted by Gasteiger charge is -2.09. The van der Waals surface area contributed by atoms with Gasteiger partial charge >= 0.3 is 0 Å². The van der Waals surface area contributed by atoms with Crippen molar-refractivity contribution >= 4 is 5.91 Å². The van der Waals surface area contributed by atoms with Crippen LogP contribution in [0.5, 0.6) is 0 Å². The Bertz CT molecular complexity index is 154. The molecular weight excluding hydrogens is 162 g/mol. The van der Waals surface area contributed by atoms with Crippen LogP contribution in [-0.4, -0.2) is 5.91 Å². The molecule has 0 aromatic rings. The van der Waals surface area contributed by atoms with Crippen molar-refractivity contribution in [3.63, 3.8) is 0 Å². The summed E-state index contributed by atoms with van der Waals surface area (Å²) in [4.78, 5) is 10.9. The molecule has 0 saturated carbocycles. The largest absolute Gasteiger partial charge is 0.369 e. The van der Waals surface area contributed by atoms with Crippen molar-refractivity contribution in [3.05, 3.63) is 12.7 Å². The molecule has 0 aliphatic heterocycles. The van der Waals surface area contributed by atoms with Crippen LogP contribution in [0.25, 0.3) is 0 Å². The van der Waals surface area contributed by atoms with Crippen LogP contribution in [0.1, 0.15) is 45.4 Å². The average Bonchev–Trinajstić information content (AvgIpc) is 2.10. The third-order valence-electron chi connectivity index (χ3n) is 2.36. The lowest BCUT2D eigenvalue weighted by Crippen LogP contribution is -2.22. The fourth-order valence-corrected chi connectivity index (χ4v) is 1.40. The third kappa shape index (κ3) is 6.38. The minimum absolute atomic E-state index is 0.0868. The molecule has 0 aliphatic rings. The van der Waals surface area contributed by atoms with Gasteiger partial charge in [0.1, 0.15) is 0 Å². The highest BCUT2D eigenvalue weighted by Gasteiger charge is 2.11. The first-order valence-electron chi connectivity index (χ1n) is 5.12. The number of primary amides is 1. The Morgan fingerprint density at radius 1 is 1.46 bits per heavy atom. The SMILES string of the molecule is C=CCCCCCC(CC)C(N)=O. The van der Waals surface area contributed by atoms with Gasteiger partial charge in [-0.05, 0) is 25.7 Å². The van der Waals surface area contributed by atoms with Crippen LogP contribution < -0.4 is 5.73 Å². The van der Waals surface area contributed by atoms with Crippen molar-refractivity contribution in [2.75, 3.05) is 0 Å². The molecule has 76 valence electrons. The predicted octanol–water partition coefficient (Wildman–Crippen LogP) is 2.63. The molecule has 0 aromatic heterocycles. The molecule has 0 heterocycles. The molecule has 0 fully saturated rings. The van der Waals surface area contributed by atoms with Gasteiger partial charge in [-0.25, -0.2) is 0 Å². The first kappa shape index (κ1) is 12.2. The van der Waals surface area contributed by atoms with E-state index in [1.165, 1.54) is 12.8 Å². The van der Waals surface area contributed by atoms with Crippen LogP contribution in [0.3, 0.4) is 0 Å². The molecule has 2 nitrogen and oxygen atoms in total. The second-order valence-corrected chi connectivity index (χ2v) is 3.43. The van der Waals surface area contributed by atoms with Crippen molar-refractivity contribution in [2.45, 2.75) is 45.4 Å². The molecule has 0 saturated heterocycles. The minimum Gasteiger partial charge on any atom is -0.369 e. The molecule has 2 heteroatoms. The van der Waals surface area contributed by atoms with Gasteiger partial charge in [0.05, 0.1) is 0 Å². The van der Waals surface area contributed by atoms with Crippen LogP contribution >= 0.6 is 0 Å². The molecule has 0 spiro atoms. The van der Waals surface area contributed by atoms with Crippen LogP contribution in [-0.2, 0) is 4.79 Å². The fourth-order valence-electron chi connectivity index (χ4n) is 1.40. The lowest BCUT2D eigenvalue weighted by molar-refractivity contribution is -0.122. The normalized spacial score (nSPS) is 12.4. The quantitative estimate of drug-likeness (QED) is 0.456. The molecule has 1 amide bonds. The Morgan fingerprint density at radius 2 is 2.15 bits per heavy atom. The molecule has 1 unspecified atom stereocenters. The first-order valence-corrected chi connectivity index (χ1v) is 5.12. The van der Waals surface area contributed by atoms with Gasteiger partial charge in [-0.2, -0.15) is 0 Å². The van der Waals surface area contributed by atoms with Crippen molar-refractivity contribution in [3.8, 4) is 0 Å². The molecule has 0 aromatic carbocycles. The molecule has 0 bridgehead atoms. The summed E-state index contributed by atoms with van der Waals surface area (Å²) >= 11 is 0. The fraction of sp³-hybridized carbons (Fsp3) is 0.727. The summed E-state index contributed by atoms with van der Waals surface area (Å²) in [6, 6.07) is 0. The van der Waals surface area contributed by atoms with E-state index in [0.717, 1.165) is 25.7 Å². The first-order chi connectivity index (χ1) is 6.22. The summed E-state index contributed by atoms with van der Waals surface area (Å²) in [5, 5.41) is 0. The minimum atomic E-state index is -0.147.